The Bertz CT molecular complexity index is 642. The van der Waals surface area contributed by atoms with E-state index in [1.54, 1.807) is 7.11 Å². The zero-order valence-corrected chi connectivity index (χ0v) is 12.5. The van der Waals surface area contributed by atoms with Crippen molar-refractivity contribution in [3.05, 3.63) is 53.1 Å². The third kappa shape index (κ3) is 2.70. The van der Waals surface area contributed by atoms with Crippen LogP contribution in [0.5, 0.6) is 5.75 Å². The largest absolute Gasteiger partial charge is 0.497 e. The summed E-state index contributed by atoms with van der Waals surface area (Å²) in [7, 11) is 1.69. The van der Waals surface area contributed by atoms with E-state index in [0.717, 1.165) is 16.9 Å². The van der Waals surface area contributed by atoms with Gasteiger partial charge in [-0.05, 0) is 66.8 Å². The van der Waals surface area contributed by atoms with Gasteiger partial charge in [0.05, 0.1) is 7.11 Å². The molecule has 0 amide bonds. The molecule has 0 aliphatic carbocycles. The molecule has 20 heavy (non-hydrogen) atoms. The Kier molecular flexibility index (Phi) is 4.15. The van der Waals surface area contributed by atoms with Crippen LogP contribution in [-0.4, -0.2) is 7.11 Å². The Morgan fingerprint density at radius 2 is 1.75 bits per heavy atom. The van der Waals surface area contributed by atoms with Gasteiger partial charge in [0.25, 0.3) is 0 Å². The molecule has 1 unspecified atom stereocenters. The lowest BCUT2D eigenvalue weighted by Crippen LogP contribution is -1.95. The highest BCUT2D eigenvalue weighted by Crippen LogP contribution is 2.33. The fraction of sp³-hybridized carbons (Fsp3) is 0.263. The topological polar surface area (TPSA) is 9.23 Å². The Labute approximate surface area is 121 Å². The summed E-state index contributed by atoms with van der Waals surface area (Å²) in [5.74, 6) is 3.71. The van der Waals surface area contributed by atoms with Crippen LogP contribution in [0.15, 0.2) is 36.4 Å². The van der Waals surface area contributed by atoms with Crippen molar-refractivity contribution >= 4 is 0 Å². The molecule has 0 fully saturated rings. The summed E-state index contributed by atoms with van der Waals surface area (Å²) in [6.07, 6.45) is 5.55. The predicted octanol–water partition coefficient (Wildman–Crippen LogP) is 4.72. The van der Waals surface area contributed by atoms with Crippen molar-refractivity contribution in [2.24, 2.45) is 0 Å². The summed E-state index contributed by atoms with van der Waals surface area (Å²) in [5, 5.41) is 0. The summed E-state index contributed by atoms with van der Waals surface area (Å²) >= 11 is 0. The van der Waals surface area contributed by atoms with Crippen LogP contribution < -0.4 is 4.74 Å². The van der Waals surface area contributed by atoms with Gasteiger partial charge in [-0.3, -0.25) is 0 Å². The van der Waals surface area contributed by atoms with E-state index < -0.39 is 0 Å². The Morgan fingerprint density at radius 1 is 1.10 bits per heavy atom. The first kappa shape index (κ1) is 14.2. The summed E-state index contributed by atoms with van der Waals surface area (Å²) in [6.45, 7) is 6.29. The van der Waals surface area contributed by atoms with Crippen LogP contribution in [0.25, 0.3) is 11.1 Å². The smallest absolute Gasteiger partial charge is 0.119 e. The molecule has 0 aliphatic heterocycles. The lowest BCUT2D eigenvalue weighted by atomic mass is 9.92. The molecule has 1 atom stereocenters. The molecular formula is C19H20O. The molecule has 2 aromatic carbocycles. The first-order chi connectivity index (χ1) is 9.56. The van der Waals surface area contributed by atoms with Crippen molar-refractivity contribution in [3.63, 3.8) is 0 Å². The van der Waals surface area contributed by atoms with Crippen LogP contribution >= 0.6 is 0 Å². The molecule has 0 aliphatic rings. The van der Waals surface area contributed by atoms with Gasteiger partial charge in [-0.1, -0.05) is 24.1 Å². The van der Waals surface area contributed by atoms with Gasteiger partial charge in [0.2, 0.25) is 0 Å². The van der Waals surface area contributed by atoms with Gasteiger partial charge in [-0.2, -0.15) is 0 Å². The number of benzene rings is 2. The van der Waals surface area contributed by atoms with Crippen molar-refractivity contribution in [2.75, 3.05) is 7.11 Å². The lowest BCUT2D eigenvalue weighted by Gasteiger charge is -2.14. The standard InChI is InChI=1S/C19H20O/c1-6-13(2)16-10-17(12-18(11-16)20-5)19-14(3)8-7-9-15(19)4/h1,7-13H,2-5H3. The summed E-state index contributed by atoms with van der Waals surface area (Å²) < 4.78 is 5.42. The number of aryl methyl sites for hydroxylation is 2. The van der Waals surface area contributed by atoms with Gasteiger partial charge in [-0.15, -0.1) is 6.42 Å². The van der Waals surface area contributed by atoms with Crippen molar-refractivity contribution < 1.29 is 4.74 Å². The average Bonchev–Trinajstić information content (AvgIpc) is 2.45. The van der Waals surface area contributed by atoms with Gasteiger partial charge < -0.3 is 4.74 Å². The van der Waals surface area contributed by atoms with Crippen LogP contribution in [0.1, 0.15) is 29.5 Å². The Morgan fingerprint density at radius 3 is 2.30 bits per heavy atom. The van der Waals surface area contributed by atoms with E-state index in [1.165, 1.54) is 16.7 Å². The minimum absolute atomic E-state index is 0.0770. The number of hydrogen-bond acceptors (Lipinski definition) is 1. The van der Waals surface area contributed by atoms with Crippen molar-refractivity contribution in [1.29, 1.82) is 0 Å². The molecule has 0 heterocycles. The molecule has 1 heteroatoms. The SMILES string of the molecule is C#CC(C)c1cc(OC)cc(-c2c(C)cccc2C)c1. The molecule has 0 N–H and O–H groups in total. The van der Waals surface area contributed by atoms with Crippen LogP contribution in [0.4, 0.5) is 0 Å². The third-order valence-electron chi connectivity index (χ3n) is 3.68. The number of rotatable bonds is 3. The fourth-order valence-electron chi connectivity index (χ4n) is 2.50. The van der Waals surface area contributed by atoms with E-state index in [1.807, 2.05) is 13.0 Å². The van der Waals surface area contributed by atoms with Gasteiger partial charge in [0.1, 0.15) is 5.75 Å². The molecule has 0 aromatic heterocycles. The van der Waals surface area contributed by atoms with Gasteiger partial charge >= 0.3 is 0 Å². The predicted molar refractivity (Wildman–Crippen MR) is 85.2 cm³/mol. The van der Waals surface area contributed by atoms with Crippen LogP contribution in [-0.2, 0) is 0 Å². The first-order valence-electron chi connectivity index (χ1n) is 6.78. The maximum Gasteiger partial charge on any atom is 0.119 e. The molecule has 2 aromatic rings. The molecular weight excluding hydrogens is 244 g/mol. The molecule has 0 radical (unpaired) electrons. The minimum Gasteiger partial charge on any atom is -0.497 e. The van der Waals surface area contributed by atoms with Crippen molar-refractivity contribution in [3.8, 4) is 29.2 Å². The highest BCUT2D eigenvalue weighted by molar-refractivity contribution is 5.72. The number of ether oxygens (including phenoxy) is 1. The molecule has 0 saturated carbocycles. The Hall–Kier alpha value is -2.20. The zero-order chi connectivity index (χ0) is 14.7. The zero-order valence-electron chi connectivity index (χ0n) is 12.5. The highest BCUT2D eigenvalue weighted by atomic mass is 16.5. The average molecular weight is 264 g/mol. The monoisotopic (exact) mass is 264 g/mol. The van der Waals surface area contributed by atoms with E-state index in [0.29, 0.717) is 0 Å². The Balaban J connectivity index is 2.65. The van der Waals surface area contributed by atoms with Crippen molar-refractivity contribution in [1.82, 2.24) is 0 Å². The van der Waals surface area contributed by atoms with E-state index in [9.17, 15) is 0 Å². The van der Waals surface area contributed by atoms with Crippen LogP contribution in [0.2, 0.25) is 0 Å². The maximum absolute atomic E-state index is 5.55. The number of hydrogen-bond donors (Lipinski definition) is 0. The minimum atomic E-state index is 0.0770. The van der Waals surface area contributed by atoms with Gasteiger partial charge in [-0.25, -0.2) is 0 Å². The maximum atomic E-state index is 5.55. The summed E-state index contributed by atoms with van der Waals surface area (Å²) in [6, 6.07) is 12.6. The van der Waals surface area contributed by atoms with E-state index >= 15 is 0 Å². The first-order valence-corrected chi connectivity index (χ1v) is 6.78. The number of methoxy groups -OCH3 is 1. The number of terminal acetylenes is 1. The second kappa shape index (κ2) is 5.84. The fourth-order valence-corrected chi connectivity index (χ4v) is 2.50. The second-order valence-corrected chi connectivity index (χ2v) is 5.15. The lowest BCUT2D eigenvalue weighted by molar-refractivity contribution is 0.414. The quantitative estimate of drug-likeness (QED) is 0.729. The molecule has 0 bridgehead atoms. The van der Waals surface area contributed by atoms with Gasteiger partial charge in [0, 0.05) is 5.92 Å². The molecule has 2 rings (SSSR count). The van der Waals surface area contributed by atoms with E-state index in [2.05, 4.69) is 50.1 Å². The van der Waals surface area contributed by atoms with Crippen LogP contribution in [0.3, 0.4) is 0 Å². The second-order valence-electron chi connectivity index (χ2n) is 5.15. The molecule has 0 spiro atoms. The summed E-state index contributed by atoms with van der Waals surface area (Å²) in [5.41, 5.74) is 6.06. The van der Waals surface area contributed by atoms with E-state index in [4.69, 9.17) is 11.2 Å². The highest BCUT2D eigenvalue weighted by Gasteiger charge is 2.11. The molecule has 1 nitrogen and oxygen atoms in total. The molecule has 0 saturated heterocycles. The van der Waals surface area contributed by atoms with Crippen LogP contribution in [0, 0.1) is 26.2 Å². The molecule has 102 valence electrons. The summed E-state index contributed by atoms with van der Waals surface area (Å²) in [4.78, 5) is 0. The van der Waals surface area contributed by atoms with E-state index in [-0.39, 0.29) is 5.92 Å². The third-order valence-corrected chi connectivity index (χ3v) is 3.68. The van der Waals surface area contributed by atoms with Gasteiger partial charge in [0.15, 0.2) is 0 Å². The van der Waals surface area contributed by atoms with Crippen molar-refractivity contribution in [2.45, 2.75) is 26.7 Å². The normalized spacial score (nSPS) is 11.8.